The van der Waals surface area contributed by atoms with Crippen molar-refractivity contribution in [1.29, 1.82) is 0 Å². The van der Waals surface area contributed by atoms with Gasteiger partial charge in [-0.05, 0) is 36.0 Å². The van der Waals surface area contributed by atoms with Gasteiger partial charge < -0.3 is 0 Å². The number of nitrogens with zero attached hydrogens (tertiary/aromatic N) is 2. The summed E-state index contributed by atoms with van der Waals surface area (Å²) >= 11 is 5.96. The molecule has 0 saturated heterocycles. The van der Waals surface area contributed by atoms with Crippen LogP contribution in [0.3, 0.4) is 0 Å². The Labute approximate surface area is 173 Å². The summed E-state index contributed by atoms with van der Waals surface area (Å²) in [6.45, 7) is 4.61. The molecule has 0 N–H and O–H groups in total. The Morgan fingerprint density at radius 1 is 1.08 bits per heavy atom. The van der Waals surface area contributed by atoms with Crippen molar-refractivity contribution in [1.82, 2.24) is 0 Å². The number of azo groups is 2. The molecule has 0 aromatic heterocycles. The van der Waals surface area contributed by atoms with E-state index in [1.165, 1.54) is 31.4 Å². The Morgan fingerprint density at radius 3 is 2.04 bits per heavy atom. The summed E-state index contributed by atoms with van der Waals surface area (Å²) in [5, 5.41) is 5.86. The number of rotatable bonds is 2. The number of halogens is 7. The molecule has 10 heteroatoms. The third kappa shape index (κ3) is 7.90. The molecule has 2 aliphatic rings. The van der Waals surface area contributed by atoms with Crippen LogP contribution in [0.5, 0.6) is 0 Å². The van der Waals surface area contributed by atoms with Crippen LogP contribution in [0.4, 0.5) is 5.69 Å². The minimum absolute atomic E-state index is 0.183. The first-order chi connectivity index (χ1) is 11.1. The number of benzene rings is 1. The monoisotopic (exact) mass is 594 g/mol. The first-order valence-corrected chi connectivity index (χ1v) is 27.7. The summed E-state index contributed by atoms with van der Waals surface area (Å²) in [4.78, 5) is 0. The van der Waals surface area contributed by atoms with Crippen LogP contribution in [0.1, 0.15) is 39.5 Å². The van der Waals surface area contributed by atoms with Gasteiger partial charge >= 0.3 is 62.1 Å². The Hall–Kier alpha value is 1.67. The molecule has 0 spiro atoms. The molecule has 1 aliphatic heterocycles. The van der Waals surface area contributed by atoms with Crippen LogP contribution < -0.4 is 0 Å². The van der Waals surface area contributed by atoms with Crippen LogP contribution in [0.2, 0.25) is 5.02 Å². The van der Waals surface area contributed by atoms with E-state index in [0.717, 1.165) is 5.02 Å². The van der Waals surface area contributed by atoms with Crippen molar-refractivity contribution >= 4 is 79.4 Å². The Balaban J connectivity index is 0.000000277. The van der Waals surface area contributed by atoms with Gasteiger partial charge in [-0.25, -0.2) is 0 Å². The average molecular weight is 598 g/mol. The maximum atomic E-state index is 5.96. The van der Waals surface area contributed by atoms with E-state index < -0.39 is 9.14 Å². The van der Waals surface area contributed by atoms with E-state index in [-0.39, 0.29) is 5.54 Å². The molecule has 1 aromatic rings. The maximum absolute atomic E-state index is 5.96. The summed E-state index contributed by atoms with van der Waals surface area (Å²) in [6, 6.07) is 8.66. The average Bonchev–Trinajstić information content (AvgIpc) is 2.69. The van der Waals surface area contributed by atoms with Crippen LogP contribution in [-0.2, 0) is 0 Å². The van der Waals surface area contributed by atoms with E-state index in [1.807, 2.05) is 12.1 Å². The van der Waals surface area contributed by atoms with Crippen LogP contribution in [0, 0.1) is 5.92 Å². The first kappa shape index (κ1) is 23.0. The van der Waals surface area contributed by atoms with Crippen LogP contribution in [-0.4, -0.2) is 25.4 Å². The van der Waals surface area contributed by atoms with Gasteiger partial charge in [0.1, 0.15) is 5.54 Å². The second-order valence-corrected chi connectivity index (χ2v) is 64.2. The molecule has 0 amide bonds. The van der Waals surface area contributed by atoms with Gasteiger partial charge in [0.15, 0.2) is 6.04 Å². The fourth-order valence-corrected chi connectivity index (χ4v) is 3.48. The van der Waals surface area contributed by atoms with Gasteiger partial charge in [-0.2, -0.15) is 0 Å². The van der Waals surface area contributed by atoms with E-state index in [0.29, 0.717) is 12.0 Å². The van der Waals surface area contributed by atoms with Gasteiger partial charge in [0.2, 0.25) is 5.69 Å². The van der Waals surface area contributed by atoms with Gasteiger partial charge in [-0.3, -0.25) is 0 Å². The summed E-state index contributed by atoms with van der Waals surface area (Å²) < 4.78 is 2.25. The first-order valence-electron chi connectivity index (χ1n) is 7.90. The van der Waals surface area contributed by atoms with Crippen LogP contribution in [0.25, 0.3) is 0 Å². The standard InChI is InChI=1S/C15H20ClN2.6ClH.Sb/c1-11(2)15-9-3-4-14(10-15)18(17-15)13-7-5-12(16)6-8-13;;;;;;;/h5-8,11,14H,3-4,9-10H2,1-2H3;6*1H;/q+1;;;;;;;+5/p-6/t14-,15+;;;;;;;/m1......./s1. The van der Waals surface area contributed by atoms with E-state index in [9.17, 15) is 0 Å². The molecule has 0 unspecified atom stereocenters. The van der Waals surface area contributed by atoms with E-state index >= 15 is 0 Å². The summed E-state index contributed by atoms with van der Waals surface area (Å²) in [5.41, 5.74) is 1.37. The van der Waals surface area contributed by atoms with Crippen molar-refractivity contribution in [2.24, 2.45) is 11.0 Å². The molecule has 144 valence electrons. The SMILES string of the molecule is CC(C)[C@]12CCC[C@H](C1)[N+](c1ccc(Cl)cc1)=N2.[Cl][Sb-]([Cl])([Cl])([Cl])([Cl])[Cl]. The molecule has 1 heterocycles. The molecule has 1 aliphatic carbocycles. The molecular weight excluding hydrogens is 578 g/mol. The minimum atomic E-state index is -5.42. The molecular formula is C15H20Cl7N2Sb. The quantitative estimate of drug-likeness (QED) is 0.240. The normalized spacial score (nSPS) is 28.6. The van der Waals surface area contributed by atoms with Crippen molar-refractivity contribution in [3.8, 4) is 0 Å². The van der Waals surface area contributed by atoms with Crippen molar-refractivity contribution in [3.05, 3.63) is 29.3 Å². The molecule has 1 fully saturated rings. The predicted molar refractivity (Wildman–Crippen MR) is 114 cm³/mol. The topological polar surface area (TPSA) is 15.4 Å². The van der Waals surface area contributed by atoms with Gasteiger partial charge in [0, 0.05) is 30.0 Å². The molecule has 2 nitrogen and oxygen atoms in total. The summed E-state index contributed by atoms with van der Waals surface area (Å²) in [6.07, 6.45) is 5.02. The van der Waals surface area contributed by atoms with Crippen molar-refractivity contribution < 1.29 is 4.70 Å². The third-order valence-electron chi connectivity index (χ3n) is 4.55. The zero-order valence-electron chi connectivity index (χ0n) is 13.8. The number of hydrogen-bond acceptors (Lipinski definition) is 1. The van der Waals surface area contributed by atoms with Crippen molar-refractivity contribution in [2.75, 3.05) is 0 Å². The van der Waals surface area contributed by atoms with E-state index in [4.69, 9.17) is 69.7 Å². The zero-order chi connectivity index (χ0) is 19.2. The summed E-state index contributed by atoms with van der Waals surface area (Å²) in [7, 11) is 25.0. The Morgan fingerprint density at radius 2 is 1.60 bits per heavy atom. The van der Waals surface area contributed by atoms with E-state index in [2.05, 4.69) is 30.7 Å². The zero-order valence-corrected chi connectivity index (χ0v) is 21.6. The molecule has 1 saturated carbocycles. The van der Waals surface area contributed by atoms with Crippen LogP contribution in [0.15, 0.2) is 29.4 Å². The van der Waals surface area contributed by atoms with Crippen LogP contribution >= 0.6 is 64.6 Å². The molecule has 3 rings (SSSR count). The fraction of sp³-hybridized carbons (Fsp3) is 0.600. The molecule has 25 heavy (non-hydrogen) atoms. The summed E-state index contributed by atoms with van der Waals surface area (Å²) in [5.74, 6) is 0.623. The van der Waals surface area contributed by atoms with Crippen molar-refractivity contribution in [3.63, 3.8) is 0 Å². The van der Waals surface area contributed by atoms with Gasteiger partial charge in [0.25, 0.3) is 0 Å². The molecule has 2 atom stereocenters. The van der Waals surface area contributed by atoms with Gasteiger partial charge in [0.05, 0.1) is 0 Å². The molecule has 1 aromatic carbocycles. The molecule has 0 radical (unpaired) electrons. The second kappa shape index (κ2) is 7.17. The van der Waals surface area contributed by atoms with Crippen molar-refractivity contribution in [2.45, 2.75) is 51.1 Å². The Bertz CT molecular complexity index is 656. The third-order valence-corrected chi connectivity index (χ3v) is 4.81. The number of fused-ring (bicyclic) bond motifs is 2. The second-order valence-electron chi connectivity index (χ2n) is 6.89. The number of hydrogen-bond donors (Lipinski definition) is 0. The van der Waals surface area contributed by atoms with Gasteiger partial charge in [-0.15, -0.1) is 0 Å². The predicted octanol–water partition coefficient (Wildman–Crippen LogP) is 8.54. The van der Waals surface area contributed by atoms with Gasteiger partial charge in [-0.1, -0.05) is 30.1 Å². The molecule has 2 bridgehead atoms. The Kier molecular flexibility index (Phi) is 6.58. The van der Waals surface area contributed by atoms with E-state index in [1.54, 1.807) is 0 Å². The fourth-order valence-electron chi connectivity index (χ4n) is 3.35.